The smallest absolute Gasteiger partial charge is 0.249 e. The number of ether oxygens (including phenoxy) is 2. The van der Waals surface area contributed by atoms with E-state index in [1.165, 1.54) is 23.3 Å². The lowest BCUT2D eigenvalue weighted by Crippen LogP contribution is -2.71. The molecule has 2 N–H and O–H groups in total. The summed E-state index contributed by atoms with van der Waals surface area (Å²) in [5.41, 5.74) is -0.0980. The lowest BCUT2D eigenvalue weighted by atomic mass is 9.74. The topological polar surface area (TPSA) is 152 Å². The third-order valence-corrected chi connectivity index (χ3v) is 8.53. The minimum atomic E-state index is -1.54. The van der Waals surface area contributed by atoms with Gasteiger partial charge in [0.15, 0.2) is 23.5 Å². The predicted molar refractivity (Wildman–Crippen MR) is 168 cm³/mol. The predicted octanol–water partition coefficient (Wildman–Crippen LogP) is 2.97. The molecule has 5 aliphatic rings. The standard InChI is InChI=1S/C18H19NO5.C15H15NO5.2CH4/c1-17(2)23-15-13(20)8-9-18(16(15)24-17)10-14(21)19(18)22-11-12-6-4-3-5-7-12;17-11-6-7-15(14(20)13(11)19)8-12(18)16(15)21-9-10-4-2-1-3-5-10;;/h3-9,15-16H,10-11H2,1-2H3;1-7,13-14,19-20H,8-9H2;2*1H4/t15-,16-,18+;13-,14-,15+;;/m11../s1. The van der Waals surface area contributed by atoms with Gasteiger partial charge in [-0.05, 0) is 49.3 Å². The van der Waals surface area contributed by atoms with Gasteiger partial charge in [0.2, 0.25) is 11.8 Å². The van der Waals surface area contributed by atoms with Crippen LogP contribution in [0.25, 0.3) is 0 Å². The fourth-order valence-electron chi connectivity index (χ4n) is 6.16. The molecule has 7 rings (SSSR count). The molecule has 0 bridgehead atoms. The number of hydrogen-bond acceptors (Lipinski definition) is 10. The van der Waals surface area contributed by atoms with Gasteiger partial charge in [-0.25, -0.2) is 10.1 Å². The van der Waals surface area contributed by atoms with Gasteiger partial charge >= 0.3 is 0 Å². The Morgan fingerprint density at radius 1 is 0.723 bits per heavy atom. The normalized spacial score (nSPS) is 31.3. The van der Waals surface area contributed by atoms with Crippen molar-refractivity contribution in [3.63, 3.8) is 0 Å². The molecule has 252 valence electrons. The Morgan fingerprint density at radius 3 is 1.72 bits per heavy atom. The van der Waals surface area contributed by atoms with Crippen LogP contribution in [0.2, 0.25) is 0 Å². The Hall–Kier alpha value is -4.04. The molecule has 0 aromatic heterocycles. The summed E-state index contributed by atoms with van der Waals surface area (Å²) in [6.07, 6.45) is 1.86. The molecule has 3 heterocycles. The van der Waals surface area contributed by atoms with E-state index >= 15 is 0 Å². The highest BCUT2D eigenvalue weighted by Crippen LogP contribution is 2.47. The zero-order valence-electron chi connectivity index (χ0n) is 24.8. The van der Waals surface area contributed by atoms with Crippen molar-refractivity contribution in [2.75, 3.05) is 0 Å². The van der Waals surface area contributed by atoms with Gasteiger partial charge in [0.1, 0.15) is 42.6 Å². The Morgan fingerprint density at radius 2 is 1.19 bits per heavy atom. The quantitative estimate of drug-likeness (QED) is 0.447. The number of carbonyl (C=O) groups is 4. The molecule has 12 heteroatoms. The zero-order chi connectivity index (χ0) is 32.0. The number of nitrogens with zero attached hydrogens (tertiary/aromatic N) is 2. The largest absolute Gasteiger partial charge is 0.387 e. The number of rotatable bonds is 6. The summed E-state index contributed by atoms with van der Waals surface area (Å²) in [6.45, 7) is 3.97. The minimum Gasteiger partial charge on any atom is -0.387 e. The van der Waals surface area contributed by atoms with Crippen molar-refractivity contribution in [3.8, 4) is 0 Å². The summed E-state index contributed by atoms with van der Waals surface area (Å²) in [7, 11) is 0. The van der Waals surface area contributed by atoms with Gasteiger partial charge in [0, 0.05) is 0 Å². The van der Waals surface area contributed by atoms with Gasteiger partial charge in [-0.3, -0.25) is 28.9 Å². The fraction of sp³-hybridized carbons (Fsp3) is 0.429. The van der Waals surface area contributed by atoms with Gasteiger partial charge < -0.3 is 19.7 Å². The van der Waals surface area contributed by atoms with Crippen LogP contribution in [-0.2, 0) is 51.5 Å². The second kappa shape index (κ2) is 13.6. The van der Waals surface area contributed by atoms with Crippen molar-refractivity contribution in [1.29, 1.82) is 0 Å². The second-order valence-corrected chi connectivity index (χ2v) is 12.1. The molecule has 47 heavy (non-hydrogen) atoms. The molecule has 3 fully saturated rings. The SMILES string of the molecule is C.C.CC1(C)O[C@@H]2C(=O)C=C[C@]3(CC(=O)N3OCc3ccccc3)[C@@H]2O1.O=C1C=C[C@]2(CC(=O)N2OCc2ccccc2)[C@H](O)[C@@H]1O. The van der Waals surface area contributed by atoms with Crippen LogP contribution >= 0.6 is 0 Å². The Balaban J connectivity index is 0.000000206. The van der Waals surface area contributed by atoms with E-state index in [0.29, 0.717) is 0 Å². The van der Waals surface area contributed by atoms with Crippen molar-refractivity contribution >= 4 is 23.4 Å². The summed E-state index contributed by atoms with van der Waals surface area (Å²) >= 11 is 0. The highest BCUT2D eigenvalue weighted by Gasteiger charge is 2.65. The van der Waals surface area contributed by atoms with Gasteiger partial charge in [0.05, 0.1) is 12.8 Å². The Labute approximate surface area is 274 Å². The number of carbonyl (C=O) groups excluding carboxylic acids is 4. The third-order valence-electron chi connectivity index (χ3n) is 8.53. The lowest BCUT2D eigenvalue weighted by Gasteiger charge is -2.52. The van der Waals surface area contributed by atoms with Crippen molar-refractivity contribution < 1.29 is 48.5 Å². The highest BCUT2D eigenvalue weighted by atomic mass is 16.8. The van der Waals surface area contributed by atoms with Crippen LogP contribution in [0.1, 0.15) is 52.7 Å². The first-order valence-corrected chi connectivity index (χ1v) is 14.6. The Kier molecular flexibility index (Phi) is 10.4. The molecule has 2 aromatic rings. The zero-order valence-corrected chi connectivity index (χ0v) is 24.8. The number of fused-ring (bicyclic) bond motifs is 2. The van der Waals surface area contributed by atoms with Crippen molar-refractivity contribution in [2.45, 2.75) is 96.0 Å². The molecular weight excluding hydrogens is 608 g/mol. The molecule has 3 aliphatic heterocycles. The molecule has 0 unspecified atom stereocenters. The third kappa shape index (κ3) is 6.45. The first-order valence-electron chi connectivity index (χ1n) is 14.6. The molecule has 0 radical (unpaired) electrons. The lowest BCUT2D eigenvalue weighted by molar-refractivity contribution is -0.275. The van der Waals surface area contributed by atoms with E-state index < -0.39 is 47.1 Å². The van der Waals surface area contributed by atoms with E-state index in [1.807, 2.05) is 60.7 Å². The number of hydroxylamine groups is 4. The van der Waals surface area contributed by atoms with E-state index in [1.54, 1.807) is 19.9 Å². The van der Waals surface area contributed by atoms with E-state index in [9.17, 15) is 29.4 Å². The number of aliphatic hydroxyl groups excluding tert-OH is 2. The van der Waals surface area contributed by atoms with Crippen LogP contribution in [0.3, 0.4) is 0 Å². The molecular formula is C35H42N2O10. The molecule has 12 nitrogen and oxygen atoms in total. The molecule has 0 saturated carbocycles. The van der Waals surface area contributed by atoms with Crippen LogP contribution in [0.4, 0.5) is 0 Å². The minimum absolute atomic E-state index is 0. The van der Waals surface area contributed by atoms with Gasteiger partial charge in [-0.15, -0.1) is 0 Å². The summed E-state index contributed by atoms with van der Waals surface area (Å²) in [5, 5.41) is 22.2. The molecule has 3 saturated heterocycles. The van der Waals surface area contributed by atoms with Crippen LogP contribution in [-0.4, -0.2) is 85.0 Å². The average molecular weight is 651 g/mol. The number of hydrogen-bond donors (Lipinski definition) is 2. The van der Waals surface area contributed by atoms with Crippen LogP contribution in [0, 0.1) is 0 Å². The van der Waals surface area contributed by atoms with E-state index in [-0.39, 0.29) is 58.5 Å². The van der Waals surface area contributed by atoms with Crippen LogP contribution in [0.5, 0.6) is 0 Å². The van der Waals surface area contributed by atoms with E-state index in [0.717, 1.165) is 16.2 Å². The molecule has 2 aromatic carbocycles. The molecule has 6 atom stereocenters. The second-order valence-electron chi connectivity index (χ2n) is 12.1. The van der Waals surface area contributed by atoms with Crippen molar-refractivity contribution in [1.82, 2.24) is 10.1 Å². The number of amides is 2. The fourth-order valence-corrected chi connectivity index (χ4v) is 6.16. The average Bonchev–Trinajstić information content (AvgIpc) is 3.36. The number of ketones is 2. The van der Waals surface area contributed by atoms with Gasteiger partial charge in [-0.2, -0.15) is 0 Å². The monoisotopic (exact) mass is 650 g/mol. The summed E-state index contributed by atoms with van der Waals surface area (Å²) in [5.74, 6) is -2.00. The number of β-lactam (4-membered cyclic amide) rings is 2. The number of aliphatic hydroxyl groups is 2. The first-order chi connectivity index (χ1) is 21.5. The van der Waals surface area contributed by atoms with Crippen LogP contribution in [0.15, 0.2) is 85.0 Å². The maximum Gasteiger partial charge on any atom is 0.249 e. The molecule has 2 amide bonds. The van der Waals surface area contributed by atoms with Gasteiger partial charge in [-0.1, -0.05) is 75.5 Å². The van der Waals surface area contributed by atoms with Crippen molar-refractivity contribution in [3.05, 3.63) is 96.1 Å². The van der Waals surface area contributed by atoms with Crippen molar-refractivity contribution in [2.24, 2.45) is 0 Å². The summed E-state index contributed by atoms with van der Waals surface area (Å²) in [4.78, 5) is 58.6. The highest BCUT2D eigenvalue weighted by molar-refractivity contribution is 5.98. The number of benzene rings is 2. The maximum atomic E-state index is 12.1. The maximum absolute atomic E-state index is 12.1. The summed E-state index contributed by atoms with van der Waals surface area (Å²) in [6, 6.07) is 18.9. The molecule has 2 aliphatic carbocycles. The Bertz CT molecular complexity index is 1540. The van der Waals surface area contributed by atoms with E-state index in [4.69, 9.17) is 19.1 Å². The first kappa shape index (κ1) is 35.8. The summed E-state index contributed by atoms with van der Waals surface area (Å²) < 4.78 is 11.7. The molecule has 2 spiro atoms. The van der Waals surface area contributed by atoms with Gasteiger partial charge in [0.25, 0.3) is 0 Å². The van der Waals surface area contributed by atoms with E-state index in [2.05, 4.69) is 0 Å². The van der Waals surface area contributed by atoms with Crippen LogP contribution < -0.4 is 0 Å².